The Bertz CT molecular complexity index is 417. The standard InChI is InChI=1S/C13H17NO3/c1-16-13(15)5-3-11(14)9-2-4-12-10(8-9)6-7-17-12/h2,4,8,11H,3,5-7,14H2,1H3. The van der Waals surface area contributed by atoms with Crippen molar-refractivity contribution in [1.29, 1.82) is 0 Å². The fourth-order valence-corrected chi connectivity index (χ4v) is 1.98. The van der Waals surface area contributed by atoms with Crippen LogP contribution < -0.4 is 10.5 Å². The van der Waals surface area contributed by atoms with Gasteiger partial charge in [0.15, 0.2) is 0 Å². The van der Waals surface area contributed by atoms with Crippen LogP contribution in [0.5, 0.6) is 5.75 Å². The fourth-order valence-electron chi connectivity index (χ4n) is 1.98. The second kappa shape index (κ2) is 5.19. The second-order valence-electron chi connectivity index (χ2n) is 4.19. The van der Waals surface area contributed by atoms with Crippen LogP contribution in [0, 0.1) is 0 Å². The van der Waals surface area contributed by atoms with Crippen molar-refractivity contribution in [3.63, 3.8) is 0 Å². The summed E-state index contributed by atoms with van der Waals surface area (Å²) in [5.74, 6) is 0.735. The minimum atomic E-state index is -0.218. The molecule has 1 atom stereocenters. The van der Waals surface area contributed by atoms with Gasteiger partial charge >= 0.3 is 5.97 Å². The maximum atomic E-state index is 11.0. The van der Waals surface area contributed by atoms with Crippen LogP contribution in [0.25, 0.3) is 0 Å². The summed E-state index contributed by atoms with van der Waals surface area (Å²) in [4.78, 5) is 11.0. The van der Waals surface area contributed by atoms with Crippen LogP contribution in [0.4, 0.5) is 0 Å². The minimum Gasteiger partial charge on any atom is -0.493 e. The van der Waals surface area contributed by atoms with Crippen LogP contribution in [0.3, 0.4) is 0 Å². The Balaban J connectivity index is 1.99. The molecule has 1 heterocycles. The molecule has 2 rings (SSSR count). The van der Waals surface area contributed by atoms with Gasteiger partial charge in [0.25, 0.3) is 0 Å². The summed E-state index contributed by atoms with van der Waals surface area (Å²) in [6, 6.07) is 5.87. The molecule has 1 aliphatic rings. The lowest BCUT2D eigenvalue weighted by Crippen LogP contribution is -2.13. The zero-order valence-corrected chi connectivity index (χ0v) is 9.94. The van der Waals surface area contributed by atoms with Crippen molar-refractivity contribution in [3.05, 3.63) is 29.3 Å². The van der Waals surface area contributed by atoms with Crippen molar-refractivity contribution in [2.45, 2.75) is 25.3 Å². The van der Waals surface area contributed by atoms with E-state index in [9.17, 15) is 4.79 Å². The number of methoxy groups -OCH3 is 1. The Kier molecular flexibility index (Phi) is 3.64. The van der Waals surface area contributed by atoms with Crippen molar-refractivity contribution >= 4 is 5.97 Å². The summed E-state index contributed by atoms with van der Waals surface area (Å²) in [5, 5.41) is 0. The number of carbonyl (C=O) groups excluding carboxylic acids is 1. The Labute approximate surface area is 101 Å². The van der Waals surface area contributed by atoms with E-state index in [4.69, 9.17) is 10.5 Å². The summed E-state index contributed by atoms with van der Waals surface area (Å²) in [5.41, 5.74) is 8.30. The van der Waals surface area contributed by atoms with Crippen molar-refractivity contribution in [3.8, 4) is 5.75 Å². The van der Waals surface area contributed by atoms with Gasteiger partial charge in [-0.15, -0.1) is 0 Å². The highest BCUT2D eigenvalue weighted by atomic mass is 16.5. The molecule has 0 aliphatic carbocycles. The average Bonchev–Trinajstić information content (AvgIpc) is 2.82. The maximum absolute atomic E-state index is 11.0. The summed E-state index contributed by atoms with van der Waals surface area (Å²) >= 11 is 0. The van der Waals surface area contributed by atoms with Crippen LogP contribution in [-0.4, -0.2) is 19.7 Å². The van der Waals surface area contributed by atoms with E-state index in [2.05, 4.69) is 10.8 Å². The molecule has 1 aliphatic heterocycles. The number of ether oxygens (including phenoxy) is 2. The molecule has 1 unspecified atom stereocenters. The number of carbonyl (C=O) groups is 1. The highest BCUT2D eigenvalue weighted by Gasteiger charge is 2.15. The third-order valence-electron chi connectivity index (χ3n) is 3.03. The van der Waals surface area contributed by atoms with Crippen LogP contribution in [0.1, 0.15) is 30.0 Å². The molecule has 0 bridgehead atoms. The lowest BCUT2D eigenvalue weighted by molar-refractivity contribution is -0.140. The van der Waals surface area contributed by atoms with Gasteiger partial charge in [0.2, 0.25) is 0 Å². The van der Waals surface area contributed by atoms with Gasteiger partial charge in [0.05, 0.1) is 13.7 Å². The number of nitrogens with two attached hydrogens (primary N) is 1. The van der Waals surface area contributed by atoms with E-state index in [0.717, 1.165) is 24.3 Å². The van der Waals surface area contributed by atoms with Gasteiger partial charge < -0.3 is 15.2 Å². The Morgan fingerprint density at radius 1 is 1.59 bits per heavy atom. The number of benzene rings is 1. The molecule has 1 aromatic carbocycles. The van der Waals surface area contributed by atoms with Crippen molar-refractivity contribution in [2.75, 3.05) is 13.7 Å². The first-order valence-corrected chi connectivity index (χ1v) is 5.78. The predicted molar refractivity (Wildman–Crippen MR) is 63.8 cm³/mol. The van der Waals surface area contributed by atoms with E-state index in [-0.39, 0.29) is 12.0 Å². The molecular weight excluding hydrogens is 218 g/mol. The Morgan fingerprint density at radius 3 is 3.18 bits per heavy atom. The van der Waals surface area contributed by atoms with Crippen LogP contribution in [0.15, 0.2) is 18.2 Å². The van der Waals surface area contributed by atoms with Crippen molar-refractivity contribution in [1.82, 2.24) is 0 Å². The second-order valence-corrected chi connectivity index (χ2v) is 4.19. The van der Waals surface area contributed by atoms with Gasteiger partial charge in [-0.2, -0.15) is 0 Å². The highest BCUT2D eigenvalue weighted by molar-refractivity contribution is 5.69. The Morgan fingerprint density at radius 2 is 2.41 bits per heavy atom. The van der Waals surface area contributed by atoms with E-state index >= 15 is 0 Å². The molecule has 0 saturated carbocycles. The van der Waals surface area contributed by atoms with Crippen LogP contribution in [0.2, 0.25) is 0 Å². The molecule has 1 aromatic rings. The predicted octanol–water partition coefficient (Wildman–Crippen LogP) is 1.57. The van der Waals surface area contributed by atoms with Gasteiger partial charge in [-0.1, -0.05) is 12.1 Å². The first-order valence-electron chi connectivity index (χ1n) is 5.78. The number of fused-ring (bicyclic) bond motifs is 1. The summed E-state index contributed by atoms with van der Waals surface area (Å²) in [6.45, 7) is 0.746. The summed E-state index contributed by atoms with van der Waals surface area (Å²) in [6.07, 6.45) is 1.89. The lowest BCUT2D eigenvalue weighted by atomic mass is 10.00. The van der Waals surface area contributed by atoms with Crippen molar-refractivity contribution in [2.24, 2.45) is 5.73 Å². The molecule has 2 N–H and O–H groups in total. The molecule has 0 amide bonds. The average molecular weight is 235 g/mol. The first kappa shape index (κ1) is 11.9. The molecule has 4 heteroatoms. The van der Waals surface area contributed by atoms with Crippen LogP contribution in [-0.2, 0) is 16.0 Å². The van der Waals surface area contributed by atoms with Crippen molar-refractivity contribution < 1.29 is 14.3 Å². The molecule has 0 fully saturated rings. The third-order valence-corrected chi connectivity index (χ3v) is 3.03. The van der Waals surface area contributed by atoms with Gasteiger partial charge in [0.1, 0.15) is 5.75 Å². The van der Waals surface area contributed by atoms with Gasteiger partial charge in [-0.25, -0.2) is 0 Å². The first-order chi connectivity index (χ1) is 8.20. The summed E-state index contributed by atoms with van der Waals surface area (Å²) in [7, 11) is 1.39. The highest BCUT2D eigenvalue weighted by Crippen LogP contribution is 2.28. The minimum absolute atomic E-state index is 0.125. The Hall–Kier alpha value is -1.55. The smallest absolute Gasteiger partial charge is 0.305 e. The fraction of sp³-hybridized carbons (Fsp3) is 0.462. The number of hydrogen-bond donors (Lipinski definition) is 1. The normalized spacial score (nSPS) is 14.9. The number of rotatable bonds is 4. The van der Waals surface area contributed by atoms with E-state index in [0.29, 0.717) is 12.8 Å². The number of esters is 1. The van der Waals surface area contributed by atoms with Gasteiger partial charge in [0, 0.05) is 18.9 Å². The molecule has 0 aromatic heterocycles. The number of hydrogen-bond acceptors (Lipinski definition) is 4. The molecule has 0 spiro atoms. The largest absolute Gasteiger partial charge is 0.493 e. The monoisotopic (exact) mass is 235 g/mol. The summed E-state index contributed by atoms with van der Waals surface area (Å²) < 4.78 is 10.0. The van der Waals surface area contributed by atoms with E-state index < -0.39 is 0 Å². The molecule has 0 saturated heterocycles. The maximum Gasteiger partial charge on any atom is 0.305 e. The molecular formula is C13H17NO3. The van der Waals surface area contributed by atoms with E-state index in [1.54, 1.807) is 0 Å². The van der Waals surface area contributed by atoms with Crippen LogP contribution >= 0.6 is 0 Å². The zero-order chi connectivity index (χ0) is 12.3. The quantitative estimate of drug-likeness (QED) is 0.805. The topological polar surface area (TPSA) is 61.5 Å². The molecule has 0 radical (unpaired) electrons. The van der Waals surface area contributed by atoms with Gasteiger partial charge in [-0.3, -0.25) is 4.79 Å². The van der Waals surface area contributed by atoms with E-state index in [1.807, 2.05) is 12.1 Å². The van der Waals surface area contributed by atoms with Gasteiger partial charge in [-0.05, 0) is 23.6 Å². The van der Waals surface area contributed by atoms with E-state index in [1.165, 1.54) is 12.7 Å². The SMILES string of the molecule is COC(=O)CCC(N)c1ccc2c(c1)CCO2. The lowest BCUT2D eigenvalue weighted by Gasteiger charge is -2.12. The molecule has 4 nitrogen and oxygen atoms in total. The zero-order valence-electron chi connectivity index (χ0n) is 9.94. The molecule has 92 valence electrons. The third kappa shape index (κ3) is 2.77. The molecule has 17 heavy (non-hydrogen) atoms.